The van der Waals surface area contributed by atoms with E-state index in [9.17, 15) is 19.5 Å². The number of nitrogens with zero attached hydrogens (tertiary/aromatic N) is 6. The third-order valence-corrected chi connectivity index (χ3v) is 6.41. The number of hydrogen-bond donors (Lipinski definition) is 1. The van der Waals surface area contributed by atoms with Crippen molar-refractivity contribution in [1.29, 1.82) is 0 Å². The quantitative estimate of drug-likeness (QED) is 0.704. The normalized spacial score (nSPS) is 18.3. The summed E-state index contributed by atoms with van der Waals surface area (Å²) in [5.74, 6) is 1.21. The van der Waals surface area contributed by atoms with Crippen molar-refractivity contribution in [3.8, 4) is 0 Å². The summed E-state index contributed by atoms with van der Waals surface area (Å²) in [6.45, 7) is 9.64. The number of rotatable bonds is 6. The second-order valence-electron chi connectivity index (χ2n) is 8.87. The average Bonchev–Trinajstić information content (AvgIpc) is 3.23. The highest BCUT2D eigenvalue weighted by Crippen LogP contribution is 2.24. The second-order valence-corrected chi connectivity index (χ2v) is 9.86. The number of carbonyl (C=O) groups is 3. The number of piperazine rings is 1. The minimum atomic E-state index is -1.08. The molecule has 1 N–H and O–H groups in total. The van der Waals surface area contributed by atoms with E-state index in [0.717, 1.165) is 5.69 Å². The molecule has 0 bridgehead atoms. The van der Waals surface area contributed by atoms with Crippen LogP contribution in [0.25, 0.3) is 0 Å². The van der Waals surface area contributed by atoms with Crippen LogP contribution in [0.15, 0.2) is 6.20 Å². The van der Waals surface area contributed by atoms with E-state index in [-0.39, 0.29) is 11.9 Å². The number of carbonyl (C=O) groups excluding carboxylic acids is 2. The first kappa shape index (κ1) is 23.4. The van der Waals surface area contributed by atoms with Gasteiger partial charge in [-0.15, -0.1) is 0 Å². The minimum Gasteiger partial charge on any atom is -0.465 e. The van der Waals surface area contributed by atoms with E-state index >= 15 is 0 Å². The van der Waals surface area contributed by atoms with Crippen LogP contribution in [0.1, 0.15) is 38.7 Å². The van der Waals surface area contributed by atoms with Crippen LogP contribution < -0.4 is 0 Å². The number of aromatic nitrogens is 2. The average molecular weight is 453 g/mol. The smallest absolute Gasteiger partial charge is 0.408 e. The fraction of sp³-hybridized carbons (Fsp3) is 0.700. The van der Waals surface area contributed by atoms with Gasteiger partial charge in [-0.25, -0.2) is 24.1 Å². The molecule has 1 fully saturated rings. The van der Waals surface area contributed by atoms with Crippen LogP contribution in [0.2, 0.25) is 0 Å². The molecule has 1 saturated heterocycles. The van der Waals surface area contributed by atoms with Gasteiger partial charge in [-0.1, -0.05) is 0 Å². The maximum Gasteiger partial charge on any atom is 0.408 e. The van der Waals surface area contributed by atoms with Gasteiger partial charge < -0.3 is 10.0 Å². The summed E-state index contributed by atoms with van der Waals surface area (Å²) < 4.78 is 1.62. The van der Waals surface area contributed by atoms with Gasteiger partial charge in [-0.2, -0.15) is 11.8 Å². The van der Waals surface area contributed by atoms with E-state index in [2.05, 4.69) is 4.98 Å². The Bertz CT molecular complexity index is 843. The zero-order chi connectivity index (χ0) is 22.9. The first-order valence-corrected chi connectivity index (χ1v) is 11.9. The predicted molar refractivity (Wildman–Crippen MR) is 118 cm³/mol. The fourth-order valence-corrected chi connectivity index (χ4v) is 4.73. The third kappa shape index (κ3) is 4.67. The Kier molecular flexibility index (Phi) is 6.85. The lowest BCUT2D eigenvalue weighted by Crippen LogP contribution is -2.61. The van der Waals surface area contributed by atoms with Crippen LogP contribution in [0, 0.1) is 6.92 Å². The molecule has 1 aromatic rings. The molecular formula is C20H32N6O4S. The van der Waals surface area contributed by atoms with Gasteiger partial charge in [0, 0.05) is 31.7 Å². The molecule has 3 amide bonds. The number of hydrazine groups is 1. The molecule has 2 aliphatic heterocycles. The zero-order valence-electron chi connectivity index (χ0n) is 18.9. The van der Waals surface area contributed by atoms with Crippen molar-refractivity contribution in [2.75, 3.05) is 38.2 Å². The van der Waals surface area contributed by atoms with Crippen LogP contribution >= 0.6 is 11.8 Å². The van der Waals surface area contributed by atoms with E-state index in [1.54, 1.807) is 39.4 Å². The molecule has 172 valence electrons. The second kappa shape index (κ2) is 9.07. The summed E-state index contributed by atoms with van der Waals surface area (Å²) in [6.07, 6.45) is 3.05. The van der Waals surface area contributed by atoms with E-state index in [1.807, 2.05) is 32.0 Å². The summed E-state index contributed by atoms with van der Waals surface area (Å²) in [7, 11) is 0. The van der Waals surface area contributed by atoms with Crippen molar-refractivity contribution in [2.45, 2.75) is 52.2 Å². The van der Waals surface area contributed by atoms with Crippen molar-refractivity contribution < 1.29 is 19.5 Å². The number of thioether (sulfide) groups is 1. The van der Waals surface area contributed by atoms with E-state index in [0.29, 0.717) is 50.7 Å². The van der Waals surface area contributed by atoms with E-state index < -0.39 is 17.7 Å². The Hall–Kier alpha value is -2.27. The topological polar surface area (TPSA) is 102 Å². The standard InChI is InChI=1S/C20H32N6O4S/c1-14-21-12-15-13-24(18(28)25(14)15)23-9-7-22(8-10-23)17(27)16(6-11-31-5)26(19(29)30)20(2,3)4/h12,16H,6-11,13H2,1-5H3,(H,29,30)/t16-/m1/s1. The molecule has 3 heterocycles. The van der Waals surface area contributed by atoms with Gasteiger partial charge in [-0.05, 0) is 46.1 Å². The van der Waals surface area contributed by atoms with Gasteiger partial charge in [0.05, 0.1) is 18.4 Å². The Morgan fingerprint density at radius 3 is 2.42 bits per heavy atom. The van der Waals surface area contributed by atoms with Crippen LogP contribution in [0.3, 0.4) is 0 Å². The molecule has 0 spiro atoms. The van der Waals surface area contributed by atoms with E-state index in [1.165, 1.54) is 4.90 Å². The molecule has 1 atom stereocenters. The van der Waals surface area contributed by atoms with Crippen LogP contribution in [0.4, 0.5) is 9.59 Å². The first-order chi connectivity index (χ1) is 14.6. The van der Waals surface area contributed by atoms with Gasteiger partial charge >= 0.3 is 12.1 Å². The molecule has 0 saturated carbocycles. The molecular weight excluding hydrogens is 420 g/mol. The third-order valence-electron chi connectivity index (χ3n) is 5.77. The van der Waals surface area contributed by atoms with Crippen molar-refractivity contribution in [2.24, 2.45) is 0 Å². The van der Waals surface area contributed by atoms with Crippen molar-refractivity contribution in [1.82, 2.24) is 29.4 Å². The minimum absolute atomic E-state index is 0.118. The molecule has 31 heavy (non-hydrogen) atoms. The Morgan fingerprint density at radius 2 is 1.90 bits per heavy atom. The SMILES string of the molecule is CSCC[C@H](C(=O)N1CCN(N2Cc3cnc(C)n3C2=O)CC1)N(C(=O)O)C(C)(C)C. The summed E-state index contributed by atoms with van der Waals surface area (Å²) in [5.41, 5.74) is 0.175. The lowest BCUT2D eigenvalue weighted by Gasteiger charge is -2.43. The lowest BCUT2D eigenvalue weighted by molar-refractivity contribution is -0.142. The summed E-state index contributed by atoms with van der Waals surface area (Å²) in [4.78, 5) is 45.3. The molecule has 1 aromatic heterocycles. The maximum absolute atomic E-state index is 13.4. The largest absolute Gasteiger partial charge is 0.465 e. The number of carboxylic acid groups (broad SMARTS) is 1. The Balaban J connectivity index is 1.67. The highest BCUT2D eigenvalue weighted by atomic mass is 32.2. The van der Waals surface area contributed by atoms with Gasteiger partial charge in [0.2, 0.25) is 5.91 Å². The highest BCUT2D eigenvalue weighted by molar-refractivity contribution is 7.98. The van der Waals surface area contributed by atoms with E-state index in [4.69, 9.17) is 0 Å². The number of aryl methyl sites for hydroxylation is 1. The van der Waals surface area contributed by atoms with Gasteiger partial charge in [0.15, 0.2) is 0 Å². The van der Waals surface area contributed by atoms with Gasteiger partial charge in [0.25, 0.3) is 0 Å². The Morgan fingerprint density at radius 1 is 1.26 bits per heavy atom. The highest BCUT2D eigenvalue weighted by Gasteiger charge is 2.41. The molecule has 2 aliphatic rings. The van der Waals surface area contributed by atoms with Crippen LogP contribution in [0.5, 0.6) is 0 Å². The summed E-state index contributed by atoms with van der Waals surface area (Å²) >= 11 is 1.60. The monoisotopic (exact) mass is 452 g/mol. The number of hydrogen-bond acceptors (Lipinski definition) is 6. The van der Waals surface area contributed by atoms with Crippen LogP contribution in [-0.4, -0.2) is 102 Å². The lowest BCUT2D eigenvalue weighted by atomic mass is 10.0. The maximum atomic E-state index is 13.4. The molecule has 0 radical (unpaired) electrons. The molecule has 0 unspecified atom stereocenters. The molecule has 10 nitrogen and oxygen atoms in total. The molecule has 3 rings (SSSR count). The first-order valence-electron chi connectivity index (χ1n) is 10.5. The van der Waals surface area contributed by atoms with Crippen LogP contribution in [-0.2, 0) is 11.3 Å². The number of amides is 3. The molecule has 0 aromatic carbocycles. The number of imidazole rings is 1. The van der Waals surface area contributed by atoms with Crippen molar-refractivity contribution in [3.63, 3.8) is 0 Å². The molecule has 11 heteroatoms. The predicted octanol–water partition coefficient (Wildman–Crippen LogP) is 1.93. The molecule has 0 aliphatic carbocycles. The fourth-order valence-electron chi connectivity index (χ4n) is 4.27. The zero-order valence-corrected chi connectivity index (χ0v) is 19.7. The van der Waals surface area contributed by atoms with Gasteiger partial charge in [0.1, 0.15) is 11.9 Å². The number of fused-ring (bicyclic) bond motifs is 1. The Labute approximate surface area is 187 Å². The summed E-state index contributed by atoms with van der Waals surface area (Å²) in [5, 5.41) is 13.5. The van der Waals surface area contributed by atoms with Crippen molar-refractivity contribution >= 4 is 29.8 Å². The summed E-state index contributed by atoms with van der Waals surface area (Å²) in [6, 6.07) is -0.841. The van der Waals surface area contributed by atoms with Crippen molar-refractivity contribution in [3.05, 3.63) is 17.7 Å². The van der Waals surface area contributed by atoms with Gasteiger partial charge in [-0.3, -0.25) is 14.7 Å².